The summed E-state index contributed by atoms with van der Waals surface area (Å²) in [6.45, 7) is 3.84. The number of amides is 1. The van der Waals surface area contributed by atoms with Gasteiger partial charge in [0.05, 0.1) is 16.2 Å². The minimum absolute atomic E-state index is 0.0434. The lowest BCUT2D eigenvalue weighted by molar-refractivity contribution is -0.137. The minimum Gasteiger partial charge on any atom is -0.411 e. The largest absolute Gasteiger partial charge is 0.416 e. The van der Waals surface area contributed by atoms with Gasteiger partial charge < -0.3 is 10.5 Å². The number of piperidine rings is 1. The van der Waals surface area contributed by atoms with Crippen LogP contribution in [-0.4, -0.2) is 42.1 Å². The van der Waals surface area contributed by atoms with Gasteiger partial charge in [-0.3, -0.25) is 4.79 Å². The van der Waals surface area contributed by atoms with Gasteiger partial charge in [0, 0.05) is 25.9 Å². The van der Waals surface area contributed by atoms with Crippen molar-refractivity contribution in [3.05, 3.63) is 65.2 Å². The fourth-order valence-electron chi connectivity index (χ4n) is 3.70. The third-order valence-corrected chi connectivity index (χ3v) is 7.67. The number of hydrogen-bond acceptors (Lipinski definition) is 5. The highest BCUT2D eigenvalue weighted by Gasteiger charge is 2.40. The lowest BCUT2D eigenvalue weighted by atomic mass is 10.0. The Bertz CT molecular complexity index is 1150. The summed E-state index contributed by atoms with van der Waals surface area (Å²) in [6.07, 6.45) is -4.40. The van der Waals surface area contributed by atoms with Crippen molar-refractivity contribution >= 4 is 21.6 Å². The second-order valence-corrected chi connectivity index (χ2v) is 10.3. The van der Waals surface area contributed by atoms with E-state index in [-0.39, 0.29) is 42.5 Å². The maximum absolute atomic E-state index is 13.3. The quantitative estimate of drug-likeness (QED) is 0.463. The molecule has 1 fully saturated rings. The molecule has 2 aromatic rings. The number of sulfonamides is 1. The number of carbonyl (C=O) groups is 1. The summed E-state index contributed by atoms with van der Waals surface area (Å²) in [4.78, 5) is 13.0. The fraction of sp³-hybridized carbons (Fsp3) is 0.391. The zero-order valence-corrected chi connectivity index (χ0v) is 19.5. The maximum atomic E-state index is 13.3. The molecular weight excluding hydrogens is 471 g/mol. The SMILES string of the molecule is CC(C)c1ccc(S(=O)(=O)N2CC/C(=N/O)CC2C(=O)NCc2ccc(C(F)(F)F)cc2)cc1. The zero-order chi connectivity index (χ0) is 25.1. The Morgan fingerprint density at radius 1 is 1.15 bits per heavy atom. The Morgan fingerprint density at radius 2 is 1.76 bits per heavy atom. The molecule has 1 saturated heterocycles. The van der Waals surface area contributed by atoms with Crippen LogP contribution in [0.3, 0.4) is 0 Å². The van der Waals surface area contributed by atoms with Gasteiger partial charge in [0.1, 0.15) is 6.04 Å². The molecule has 34 heavy (non-hydrogen) atoms. The van der Waals surface area contributed by atoms with Crippen molar-refractivity contribution in [1.29, 1.82) is 0 Å². The summed E-state index contributed by atoms with van der Waals surface area (Å²) < 4.78 is 65.9. The summed E-state index contributed by atoms with van der Waals surface area (Å²) in [5.74, 6) is -0.415. The average Bonchev–Trinajstić information content (AvgIpc) is 2.81. The number of nitrogens with one attached hydrogen (secondary N) is 1. The van der Waals surface area contributed by atoms with Gasteiger partial charge in [0.25, 0.3) is 0 Å². The molecular formula is C23H26F3N3O4S. The van der Waals surface area contributed by atoms with E-state index < -0.39 is 33.7 Å². The van der Waals surface area contributed by atoms with Crippen LogP contribution < -0.4 is 5.32 Å². The van der Waals surface area contributed by atoms with Crippen molar-refractivity contribution in [3.63, 3.8) is 0 Å². The normalized spacial score (nSPS) is 18.9. The van der Waals surface area contributed by atoms with E-state index in [1.54, 1.807) is 12.1 Å². The van der Waals surface area contributed by atoms with Crippen LogP contribution in [0.25, 0.3) is 0 Å². The molecule has 1 atom stereocenters. The molecule has 1 aliphatic rings. The molecule has 0 aliphatic carbocycles. The maximum Gasteiger partial charge on any atom is 0.416 e. The summed E-state index contributed by atoms with van der Waals surface area (Å²) in [7, 11) is -4.02. The summed E-state index contributed by atoms with van der Waals surface area (Å²) in [6, 6.07) is 9.60. The number of alkyl halides is 3. The third kappa shape index (κ3) is 5.76. The number of halogens is 3. The fourth-order valence-corrected chi connectivity index (χ4v) is 5.29. The van der Waals surface area contributed by atoms with Crippen molar-refractivity contribution < 1.29 is 31.6 Å². The monoisotopic (exact) mass is 497 g/mol. The molecule has 2 N–H and O–H groups in total. The number of benzene rings is 2. The van der Waals surface area contributed by atoms with Crippen LogP contribution in [0.2, 0.25) is 0 Å². The van der Waals surface area contributed by atoms with Crippen molar-refractivity contribution in [2.24, 2.45) is 5.16 Å². The van der Waals surface area contributed by atoms with E-state index in [2.05, 4.69) is 10.5 Å². The summed E-state index contributed by atoms with van der Waals surface area (Å²) >= 11 is 0. The Labute approximate surface area is 196 Å². The second kappa shape index (κ2) is 10.1. The molecule has 1 unspecified atom stereocenters. The molecule has 7 nitrogen and oxygen atoms in total. The van der Waals surface area contributed by atoms with E-state index in [1.807, 2.05) is 13.8 Å². The highest BCUT2D eigenvalue weighted by Crippen LogP contribution is 2.29. The lowest BCUT2D eigenvalue weighted by Gasteiger charge is -2.34. The zero-order valence-electron chi connectivity index (χ0n) is 18.7. The van der Waals surface area contributed by atoms with Gasteiger partial charge in [0.15, 0.2) is 0 Å². The molecule has 0 spiro atoms. The smallest absolute Gasteiger partial charge is 0.411 e. The third-order valence-electron chi connectivity index (χ3n) is 5.74. The highest BCUT2D eigenvalue weighted by atomic mass is 32.2. The van der Waals surface area contributed by atoms with Crippen molar-refractivity contribution in [2.75, 3.05) is 6.54 Å². The van der Waals surface area contributed by atoms with Gasteiger partial charge in [0.2, 0.25) is 15.9 Å². The molecule has 11 heteroatoms. The Morgan fingerprint density at radius 3 is 2.29 bits per heavy atom. The second-order valence-electron chi connectivity index (χ2n) is 8.39. The predicted octanol–water partition coefficient (Wildman–Crippen LogP) is 4.13. The van der Waals surface area contributed by atoms with Gasteiger partial charge in [-0.1, -0.05) is 43.3 Å². The van der Waals surface area contributed by atoms with Gasteiger partial charge in [-0.15, -0.1) is 0 Å². The number of rotatable bonds is 6. The van der Waals surface area contributed by atoms with Gasteiger partial charge in [-0.05, 0) is 41.3 Å². The van der Waals surface area contributed by atoms with E-state index >= 15 is 0 Å². The summed E-state index contributed by atoms with van der Waals surface area (Å²) in [5, 5.41) is 14.9. The van der Waals surface area contributed by atoms with E-state index in [0.29, 0.717) is 5.56 Å². The molecule has 0 bridgehead atoms. The molecule has 1 amide bonds. The van der Waals surface area contributed by atoms with Crippen LogP contribution in [-0.2, 0) is 27.5 Å². The van der Waals surface area contributed by atoms with Crippen LogP contribution in [0.4, 0.5) is 13.2 Å². The molecule has 1 heterocycles. The molecule has 0 saturated carbocycles. The van der Waals surface area contributed by atoms with Gasteiger partial charge in [-0.25, -0.2) is 8.42 Å². The number of carbonyl (C=O) groups excluding carboxylic acids is 1. The van der Waals surface area contributed by atoms with Gasteiger partial charge in [-0.2, -0.15) is 17.5 Å². The molecule has 1 aliphatic heterocycles. The van der Waals surface area contributed by atoms with Crippen molar-refractivity contribution in [2.45, 2.75) is 56.3 Å². The highest BCUT2D eigenvalue weighted by molar-refractivity contribution is 7.89. The first-order chi connectivity index (χ1) is 15.9. The van der Waals surface area contributed by atoms with Crippen LogP contribution in [0.15, 0.2) is 58.6 Å². The van der Waals surface area contributed by atoms with E-state index in [1.165, 1.54) is 24.3 Å². The van der Waals surface area contributed by atoms with Crippen molar-refractivity contribution in [3.8, 4) is 0 Å². The number of oxime groups is 1. The number of nitrogens with zero attached hydrogens (tertiary/aromatic N) is 2. The minimum atomic E-state index is -4.47. The van der Waals surface area contributed by atoms with Crippen LogP contribution >= 0.6 is 0 Å². The van der Waals surface area contributed by atoms with Crippen LogP contribution in [0.5, 0.6) is 0 Å². The number of hydrogen-bond donors (Lipinski definition) is 2. The Hall–Kier alpha value is -2.92. The Balaban J connectivity index is 1.79. The van der Waals surface area contributed by atoms with E-state index in [4.69, 9.17) is 0 Å². The van der Waals surface area contributed by atoms with E-state index in [0.717, 1.165) is 22.0 Å². The summed E-state index contributed by atoms with van der Waals surface area (Å²) in [5.41, 5.74) is 0.876. The predicted molar refractivity (Wildman–Crippen MR) is 120 cm³/mol. The lowest BCUT2D eigenvalue weighted by Crippen LogP contribution is -2.53. The van der Waals surface area contributed by atoms with Gasteiger partial charge >= 0.3 is 6.18 Å². The Kier molecular flexibility index (Phi) is 7.67. The average molecular weight is 498 g/mol. The first-order valence-corrected chi connectivity index (χ1v) is 12.1. The first-order valence-electron chi connectivity index (χ1n) is 10.7. The molecule has 0 radical (unpaired) electrons. The molecule has 0 aromatic heterocycles. The molecule has 184 valence electrons. The first kappa shape index (κ1) is 25.7. The van der Waals surface area contributed by atoms with E-state index in [9.17, 15) is 31.6 Å². The molecule has 2 aromatic carbocycles. The molecule has 3 rings (SSSR count). The topological polar surface area (TPSA) is 99.1 Å². The van der Waals surface area contributed by atoms with Crippen molar-refractivity contribution in [1.82, 2.24) is 9.62 Å². The van der Waals surface area contributed by atoms with Crippen LogP contribution in [0.1, 0.15) is 49.3 Å². The standard InChI is InChI=1S/C23H26F3N3O4S/c1-15(2)17-5-9-20(10-6-17)34(32,33)29-12-11-19(28-31)13-21(29)22(30)27-14-16-3-7-18(8-4-16)23(24,25)26/h3-10,15,21,31H,11-14H2,1-2H3,(H,27,30)/b28-19-. The van der Waals surface area contributed by atoms with Crippen LogP contribution in [0, 0.1) is 0 Å².